The van der Waals surface area contributed by atoms with Crippen LogP contribution in [0.3, 0.4) is 0 Å². The zero-order valence-electron chi connectivity index (χ0n) is 26.0. The Morgan fingerprint density at radius 1 is 0.756 bits per heavy atom. The highest BCUT2D eigenvalue weighted by molar-refractivity contribution is 5.90. The van der Waals surface area contributed by atoms with E-state index in [9.17, 15) is 14.4 Å². The maximum atomic E-state index is 14.1. The Morgan fingerprint density at radius 2 is 1.42 bits per heavy atom. The van der Waals surface area contributed by atoms with Crippen LogP contribution in [0.25, 0.3) is 21.8 Å². The third kappa shape index (κ3) is 6.23. The van der Waals surface area contributed by atoms with Crippen LogP contribution in [0.15, 0.2) is 71.5 Å². The summed E-state index contributed by atoms with van der Waals surface area (Å²) >= 11 is 0. The van der Waals surface area contributed by atoms with Crippen LogP contribution in [0, 0.1) is 0 Å². The Balaban J connectivity index is 1.05. The first-order valence-electron chi connectivity index (χ1n) is 16.8. The summed E-state index contributed by atoms with van der Waals surface area (Å²) in [5.41, 5.74) is 2.68. The second kappa shape index (κ2) is 13.1. The Hall–Kier alpha value is -4.11. The molecule has 0 radical (unpaired) electrons. The van der Waals surface area contributed by atoms with Gasteiger partial charge in [0.2, 0.25) is 5.91 Å². The van der Waals surface area contributed by atoms with Crippen molar-refractivity contribution in [3.8, 4) is 0 Å². The molecule has 3 amide bonds. The van der Waals surface area contributed by atoms with Crippen molar-refractivity contribution in [2.75, 3.05) is 39.3 Å². The van der Waals surface area contributed by atoms with Crippen molar-refractivity contribution in [3.63, 3.8) is 0 Å². The summed E-state index contributed by atoms with van der Waals surface area (Å²) in [6.45, 7) is 4.85. The highest BCUT2D eigenvalue weighted by Crippen LogP contribution is 2.26. The predicted molar refractivity (Wildman–Crippen MR) is 177 cm³/mol. The van der Waals surface area contributed by atoms with E-state index in [0.717, 1.165) is 53.3 Å². The van der Waals surface area contributed by atoms with Crippen LogP contribution < -0.4 is 11.0 Å². The van der Waals surface area contributed by atoms with Crippen molar-refractivity contribution < 1.29 is 9.59 Å². The maximum absolute atomic E-state index is 14.1. The molecule has 3 fully saturated rings. The fourth-order valence-electron chi connectivity index (χ4n) is 7.85. The molecule has 4 heterocycles. The van der Waals surface area contributed by atoms with Gasteiger partial charge in [-0.05, 0) is 80.1 Å². The van der Waals surface area contributed by atoms with Crippen molar-refractivity contribution in [2.24, 2.45) is 0 Å². The molecule has 45 heavy (non-hydrogen) atoms. The summed E-state index contributed by atoms with van der Waals surface area (Å²) in [7, 11) is 0. The van der Waals surface area contributed by atoms with Gasteiger partial charge in [0.25, 0.3) is 0 Å². The Labute approximate surface area is 264 Å². The smallest absolute Gasteiger partial charge is 0.326 e. The molecule has 3 saturated heterocycles. The van der Waals surface area contributed by atoms with Gasteiger partial charge in [0, 0.05) is 44.7 Å². The number of imidazole rings is 1. The van der Waals surface area contributed by atoms with Gasteiger partial charge in [0.05, 0.1) is 11.0 Å². The lowest BCUT2D eigenvalue weighted by Gasteiger charge is -2.41. The molecule has 3 aliphatic heterocycles. The number of aromatic nitrogens is 2. The number of urea groups is 1. The maximum Gasteiger partial charge on any atom is 0.326 e. The molecular weight excluding hydrogens is 564 g/mol. The third-order valence-corrected chi connectivity index (χ3v) is 10.3. The number of H-pyrrole nitrogens is 1. The van der Waals surface area contributed by atoms with E-state index in [1.165, 1.54) is 32.4 Å². The molecule has 1 atom stereocenters. The molecule has 9 nitrogen and oxygen atoms in total. The monoisotopic (exact) mass is 608 g/mol. The van der Waals surface area contributed by atoms with E-state index in [-0.39, 0.29) is 23.7 Å². The number of rotatable bonds is 6. The molecule has 3 aromatic carbocycles. The van der Waals surface area contributed by atoms with Crippen molar-refractivity contribution >= 4 is 33.7 Å². The van der Waals surface area contributed by atoms with Crippen molar-refractivity contribution in [1.29, 1.82) is 0 Å². The minimum atomic E-state index is -0.649. The summed E-state index contributed by atoms with van der Waals surface area (Å²) in [5.74, 6) is 0.00797. The number of para-hydroxylation sites is 2. The molecule has 7 rings (SSSR count). The molecule has 3 aliphatic rings. The van der Waals surface area contributed by atoms with Crippen LogP contribution in [0.4, 0.5) is 4.79 Å². The molecule has 0 spiro atoms. The van der Waals surface area contributed by atoms with Crippen LogP contribution in [0.5, 0.6) is 0 Å². The molecule has 2 N–H and O–H groups in total. The van der Waals surface area contributed by atoms with Gasteiger partial charge in [-0.15, -0.1) is 0 Å². The third-order valence-electron chi connectivity index (χ3n) is 10.3. The van der Waals surface area contributed by atoms with Gasteiger partial charge in [-0.2, -0.15) is 0 Å². The summed E-state index contributed by atoms with van der Waals surface area (Å²) in [4.78, 5) is 50.0. The first kappa shape index (κ1) is 29.6. The number of hydrogen-bond acceptors (Lipinski definition) is 4. The zero-order chi connectivity index (χ0) is 30.8. The van der Waals surface area contributed by atoms with E-state index in [0.29, 0.717) is 38.4 Å². The fraction of sp³-hybridized carbons (Fsp3) is 0.472. The van der Waals surface area contributed by atoms with Crippen molar-refractivity contribution in [2.45, 2.75) is 69.5 Å². The van der Waals surface area contributed by atoms with E-state index >= 15 is 0 Å². The summed E-state index contributed by atoms with van der Waals surface area (Å²) in [6, 6.07) is 21.9. The number of hydrogen-bond donors (Lipinski definition) is 2. The van der Waals surface area contributed by atoms with Crippen LogP contribution in [-0.4, -0.2) is 87.5 Å². The molecule has 0 aliphatic carbocycles. The Morgan fingerprint density at radius 3 is 2.22 bits per heavy atom. The lowest BCUT2D eigenvalue weighted by molar-refractivity contribution is -0.134. The minimum Gasteiger partial charge on any atom is -0.341 e. The number of fused-ring (bicyclic) bond motifs is 2. The van der Waals surface area contributed by atoms with Crippen molar-refractivity contribution in [1.82, 2.24) is 29.6 Å². The summed E-state index contributed by atoms with van der Waals surface area (Å²) < 4.78 is 1.84. The first-order chi connectivity index (χ1) is 22.0. The highest BCUT2D eigenvalue weighted by Gasteiger charge is 2.34. The number of nitrogens with zero attached hydrogens (tertiary/aromatic N) is 4. The average Bonchev–Trinajstić information content (AvgIpc) is 3.44. The topological polar surface area (TPSA) is 93.7 Å². The summed E-state index contributed by atoms with van der Waals surface area (Å²) in [6.07, 6.45) is 7.65. The van der Waals surface area contributed by atoms with E-state index in [1.807, 2.05) is 56.8 Å². The van der Waals surface area contributed by atoms with Crippen LogP contribution in [0.1, 0.15) is 56.6 Å². The fourth-order valence-corrected chi connectivity index (χ4v) is 7.85. The number of likely N-dealkylation sites (tertiary alicyclic amines) is 3. The highest BCUT2D eigenvalue weighted by atomic mass is 16.2. The Kier molecular flexibility index (Phi) is 8.61. The molecule has 0 unspecified atom stereocenters. The van der Waals surface area contributed by atoms with Gasteiger partial charge in [0.15, 0.2) is 0 Å². The average molecular weight is 609 g/mol. The lowest BCUT2D eigenvalue weighted by atomic mass is 9.96. The lowest BCUT2D eigenvalue weighted by Crippen LogP contribution is -2.56. The van der Waals surface area contributed by atoms with Gasteiger partial charge < -0.3 is 25.0 Å². The van der Waals surface area contributed by atoms with E-state index in [2.05, 4.69) is 39.5 Å². The SMILES string of the molecule is O=C(N[C@H](Cc1cccc2ccccc12)C(=O)N1CCC(N2CCCCC2)CC1)N1CCC(n2c(=O)[nH]c3ccccc32)CC1. The van der Waals surface area contributed by atoms with E-state index in [4.69, 9.17) is 0 Å². The summed E-state index contributed by atoms with van der Waals surface area (Å²) in [5, 5.41) is 5.41. The van der Waals surface area contributed by atoms with Crippen LogP contribution in [0.2, 0.25) is 0 Å². The Bertz CT molecular complexity index is 1700. The quantitative estimate of drug-likeness (QED) is 0.325. The van der Waals surface area contributed by atoms with Crippen LogP contribution >= 0.6 is 0 Å². The van der Waals surface area contributed by atoms with Gasteiger partial charge in [-0.25, -0.2) is 9.59 Å². The van der Waals surface area contributed by atoms with E-state index < -0.39 is 6.04 Å². The first-order valence-corrected chi connectivity index (χ1v) is 16.8. The molecule has 9 heteroatoms. The van der Waals surface area contributed by atoms with Gasteiger partial charge in [-0.3, -0.25) is 9.36 Å². The van der Waals surface area contributed by atoms with Gasteiger partial charge in [0.1, 0.15) is 6.04 Å². The zero-order valence-corrected chi connectivity index (χ0v) is 26.0. The normalized spacial score (nSPS) is 19.6. The second-order valence-electron chi connectivity index (χ2n) is 13.0. The predicted octanol–water partition coefficient (Wildman–Crippen LogP) is 4.92. The standard InChI is InChI=1S/C36H44N6O3/c43-34(40-21-15-28(16-22-40)39-19-6-1-7-20-39)32(25-27-11-8-10-26-9-2-3-12-30(26)27)38-35(44)41-23-17-29(18-24-41)42-33-14-5-4-13-31(33)37-36(42)45/h2-5,8-14,28-29,32H,1,6-7,15-25H2,(H,37,45)(H,38,44)/t32-/m1/s1. The van der Waals surface area contributed by atoms with Crippen LogP contribution in [-0.2, 0) is 11.2 Å². The minimum absolute atomic E-state index is 0.00797. The number of nitrogens with one attached hydrogen (secondary N) is 2. The van der Waals surface area contributed by atoms with Gasteiger partial charge >= 0.3 is 11.7 Å². The number of aromatic amines is 1. The number of benzene rings is 3. The molecule has 0 saturated carbocycles. The number of amides is 3. The van der Waals surface area contributed by atoms with Crippen molar-refractivity contribution in [3.05, 3.63) is 82.8 Å². The molecule has 1 aromatic heterocycles. The molecule has 0 bridgehead atoms. The molecular formula is C36H44N6O3. The number of carbonyl (C=O) groups is 2. The largest absolute Gasteiger partial charge is 0.341 e. The number of piperidine rings is 3. The molecule has 236 valence electrons. The van der Waals surface area contributed by atoms with Gasteiger partial charge in [-0.1, -0.05) is 61.0 Å². The van der Waals surface area contributed by atoms with E-state index in [1.54, 1.807) is 0 Å². The molecule has 4 aromatic rings. The number of carbonyl (C=O) groups excluding carboxylic acids is 2. The second-order valence-corrected chi connectivity index (χ2v) is 13.0.